The van der Waals surface area contributed by atoms with Crippen molar-refractivity contribution >= 4 is 17.2 Å². The molecule has 0 unspecified atom stereocenters. The lowest BCUT2D eigenvalue weighted by molar-refractivity contribution is 0.0788. The van der Waals surface area contributed by atoms with Crippen molar-refractivity contribution in [3.8, 4) is 10.8 Å². The van der Waals surface area contributed by atoms with Crippen LogP contribution in [0.4, 0.5) is 0 Å². The number of likely N-dealkylation sites (tertiary alicyclic amines) is 1. The van der Waals surface area contributed by atoms with E-state index in [4.69, 9.17) is 9.05 Å². The summed E-state index contributed by atoms with van der Waals surface area (Å²) in [5.41, 5.74) is 1.18. The van der Waals surface area contributed by atoms with Gasteiger partial charge in [0.05, 0.1) is 10.6 Å². The summed E-state index contributed by atoms with van der Waals surface area (Å²) in [5.74, 6) is 1.80. The molecule has 124 valence electrons. The minimum atomic E-state index is -0.0456. The van der Waals surface area contributed by atoms with Gasteiger partial charge >= 0.3 is 0 Å². The molecular weight excluding hydrogens is 328 g/mol. The number of thiophene rings is 1. The molecule has 24 heavy (non-hydrogen) atoms. The number of hydrogen-bond acceptors (Lipinski definition) is 7. The fourth-order valence-corrected chi connectivity index (χ4v) is 3.65. The number of rotatable bonds is 3. The first kappa shape index (κ1) is 15.1. The number of hydrogen-bond donors (Lipinski definition) is 0. The van der Waals surface area contributed by atoms with Gasteiger partial charge in [0.2, 0.25) is 0 Å². The van der Waals surface area contributed by atoms with Gasteiger partial charge in [-0.1, -0.05) is 16.4 Å². The SMILES string of the molecule is Cc1noc(C)c1C(=O)N1CC[C@H](c2noc(-c3cccs3)n2)C1. The highest BCUT2D eigenvalue weighted by molar-refractivity contribution is 7.13. The first-order valence-corrected chi connectivity index (χ1v) is 8.61. The smallest absolute Gasteiger partial charge is 0.267 e. The van der Waals surface area contributed by atoms with E-state index < -0.39 is 0 Å². The Balaban J connectivity index is 1.50. The van der Waals surface area contributed by atoms with E-state index in [9.17, 15) is 4.79 Å². The van der Waals surface area contributed by atoms with Crippen LogP contribution in [0.3, 0.4) is 0 Å². The van der Waals surface area contributed by atoms with E-state index in [1.807, 2.05) is 17.5 Å². The molecule has 8 heteroatoms. The molecule has 1 aliphatic heterocycles. The fourth-order valence-electron chi connectivity index (χ4n) is 3.00. The van der Waals surface area contributed by atoms with Crippen molar-refractivity contribution in [2.24, 2.45) is 0 Å². The number of carbonyl (C=O) groups is 1. The second kappa shape index (κ2) is 5.86. The predicted octanol–water partition coefficient (Wildman–Crippen LogP) is 3.03. The molecule has 4 rings (SSSR count). The molecule has 3 aromatic heterocycles. The Kier molecular flexibility index (Phi) is 3.68. The summed E-state index contributed by atoms with van der Waals surface area (Å²) in [6, 6.07) is 3.90. The van der Waals surface area contributed by atoms with Crippen LogP contribution >= 0.6 is 11.3 Å². The average Bonchev–Trinajstić information content (AvgIpc) is 3.34. The van der Waals surface area contributed by atoms with E-state index in [-0.39, 0.29) is 11.8 Å². The van der Waals surface area contributed by atoms with E-state index in [0.29, 0.717) is 41.8 Å². The van der Waals surface area contributed by atoms with Crippen molar-refractivity contribution in [2.45, 2.75) is 26.2 Å². The van der Waals surface area contributed by atoms with E-state index in [2.05, 4.69) is 15.3 Å². The zero-order valence-electron chi connectivity index (χ0n) is 13.4. The zero-order valence-corrected chi connectivity index (χ0v) is 14.2. The van der Waals surface area contributed by atoms with Crippen LogP contribution in [-0.2, 0) is 0 Å². The number of nitrogens with zero attached hydrogens (tertiary/aromatic N) is 4. The lowest BCUT2D eigenvalue weighted by Crippen LogP contribution is -2.29. The van der Waals surface area contributed by atoms with Gasteiger partial charge in [-0.3, -0.25) is 4.79 Å². The summed E-state index contributed by atoms with van der Waals surface area (Å²) in [6.07, 6.45) is 0.818. The van der Waals surface area contributed by atoms with Crippen LogP contribution in [-0.4, -0.2) is 39.2 Å². The summed E-state index contributed by atoms with van der Waals surface area (Å²) >= 11 is 1.56. The molecular formula is C16H16N4O3S. The van der Waals surface area contributed by atoms with Crippen molar-refractivity contribution in [3.05, 3.63) is 40.4 Å². The molecule has 1 atom stereocenters. The van der Waals surface area contributed by atoms with Crippen LogP contribution in [0.25, 0.3) is 10.8 Å². The number of aryl methyl sites for hydroxylation is 2. The van der Waals surface area contributed by atoms with Gasteiger partial charge in [0.25, 0.3) is 11.8 Å². The Morgan fingerprint density at radius 1 is 1.33 bits per heavy atom. The molecule has 1 fully saturated rings. The molecule has 0 radical (unpaired) electrons. The first-order valence-electron chi connectivity index (χ1n) is 7.73. The normalized spacial score (nSPS) is 17.6. The van der Waals surface area contributed by atoms with Gasteiger partial charge in [-0.2, -0.15) is 4.98 Å². The highest BCUT2D eigenvalue weighted by atomic mass is 32.1. The van der Waals surface area contributed by atoms with Gasteiger partial charge in [0, 0.05) is 19.0 Å². The lowest BCUT2D eigenvalue weighted by Gasteiger charge is -2.15. The number of carbonyl (C=O) groups excluding carboxylic acids is 1. The molecule has 0 aliphatic carbocycles. The minimum Gasteiger partial charge on any atom is -0.361 e. The molecule has 3 aromatic rings. The monoisotopic (exact) mass is 344 g/mol. The van der Waals surface area contributed by atoms with Gasteiger partial charge in [-0.25, -0.2) is 0 Å². The van der Waals surface area contributed by atoms with Crippen molar-refractivity contribution in [1.82, 2.24) is 20.2 Å². The second-order valence-electron chi connectivity index (χ2n) is 5.87. The molecule has 4 heterocycles. The molecule has 1 amide bonds. The average molecular weight is 344 g/mol. The Morgan fingerprint density at radius 3 is 2.92 bits per heavy atom. The van der Waals surface area contributed by atoms with E-state index >= 15 is 0 Å². The van der Waals surface area contributed by atoms with Crippen molar-refractivity contribution in [3.63, 3.8) is 0 Å². The maximum Gasteiger partial charge on any atom is 0.267 e. The third-order valence-corrected chi connectivity index (χ3v) is 5.12. The van der Waals surface area contributed by atoms with Crippen LogP contribution in [0.15, 0.2) is 26.6 Å². The fraction of sp³-hybridized carbons (Fsp3) is 0.375. The Labute approximate surface area is 142 Å². The van der Waals surface area contributed by atoms with Crippen LogP contribution < -0.4 is 0 Å². The highest BCUT2D eigenvalue weighted by Gasteiger charge is 2.33. The summed E-state index contributed by atoms with van der Waals surface area (Å²) in [7, 11) is 0. The van der Waals surface area contributed by atoms with Gasteiger partial charge in [0.15, 0.2) is 5.82 Å². The van der Waals surface area contributed by atoms with Crippen LogP contribution in [0, 0.1) is 13.8 Å². The Bertz CT molecular complexity index is 848. The molecule has 1 saturated heterocycles. The quantitative estimate of drug-likeness (QED) is 0.726. The maximum atomic E-state index is 12.7. The van der Waals surface area contributed by atoms with E-state index in [1.165, 1.54) is 0 Å². The molecule has 0 saturated carbocycles. The van der Waals surface area contributed by atoms with Crippen LogP contribution in [0.1, 0.15) is 40.0 Å². The molecule has 1 aliphatic rings. The largest absolute Gasteiger partial charge is 0.361 e. The molecule has 0 N–H and O–H groups in total. The predicted molar refractivity (Wildman–Crippen MR) is 86.8 cm³/mol. The molecule has 0 aromatic carbocycles. The van der Waals surface area contributed by atoms with Gasteiger partial charge in [-0.15, -0.1) is 11.3 Å². The van der Waals surface area contributed by atoms with E-state index in [0.717, 1.165) is 11.3 Å². The summed E-state index contributed by atoms with van der Waals surface area (Å²) in [5, 5.41) is 9.93. The minimum absolute atomic E-state index is 0.0456. The second-order valence-corrected chi connectivity index (χ2v) is 6.82. The molecule has 7 nitrogen and oxygen atoms in total. The highest BCUT2D eigenvalue weighted by Crippen LogP contribution is 2.30. The summed E-state index contributed by atoms with van der Waals surface area (Å²) in [4.78, 5) is 19.9. The number of aromatic nitrogens is 3. The van der Waals surface area contributed by atoms with Crippen molar-refractivity contribution in [2.75, 3.05) is 13.1 Å². The topological polar surface area (TPSA) is 85.3 Å². The van der Waals surface area contributed by atoms with E-state index in [1.54, 1.807) is 30.1 Å². The Hall–Kier alpha value is -2.48. The van der Waals surface area contributed by atoms with Gasteiger partial charge in [0.1, 0.15) is 11.3 Å². The summed E-state index contributed by atoms with van der Waals surface area (Å²) in [6.45, 7) is 4.78. The number of amides is 1. The maximum absolute atomic E-state index is 12.7. The van der Waals surface area contributed by atoms with Gasteiger partial charge < -0.3 is 13.9 Å². The molecule has 0 spiro atoms. The molecule has 0 bridgehead atoms. The van der Waals surface area contributed by atoms with Crippen molar-refractivity contribution < 1.29 is 13.8 Å². The first-order chi connectivity index (χ1) is 11.6. The van der Waals surface area contributed by atoms with Crippen molar-refractivity contribution in [1.29, 1.82) is 0 Å². The standard InChI is InChI=1S/C16H16N4O3S/c1-9-13(10(2)22-18-9)16(21)20-6-5-11(8-20)14-17-15(23-19-14)12-4-3-7-24-12/h3-4,7,11H,5-6,8H2,1-2H3/t11-/m0/s1. The third kappa shape index (κ3) is 2.52. The van der Waals surface area contributed by atoms with Crippen LogP contribution in [0.2, 0.25) is 0 Å². The zero-order chi connectivity index (χ0) is 16.7. The lowest BCUT2D eigenvalue weighted by atomic mass is 10.1. The van der Waals surface area contributed by atoms with Crippen LogP contribution in [0.5, 0.6) is 0 Å². The third-order valence-electron chi connectivity index (χ3n) is 4.26. The summed E-state index contributed by atoms with van der Waals surface area (Å²) < 4.78 is 10.4. The Morgan fingerprint density at radius 2 is 2.21 bits per heavy atom. The van der Waals surface area contributed by atoms with Gasteiger partial charge in [-0.05, 0) is 31.7 Å².